The number of benzene rings is 1. The van der Waals surface area contributed by atoms with Crippen molar-refractivity contribution in [3.05, 3.63) is 69.3 Å². The van der Waals surface area contributed by atoms with E-state index in [0.717, 1.165) is 15.5 Å². The lowest BCUT2D eigenvalue weighted by Gasteiger charge is -2.06. The van der Waals surface area contributed by atoms with Crippen LogP contribution < -0.4 is 11.2 Å². The van der Waals surface area contributed by atoms with Crippen LogP contribution in [-0.4, -0.2) is 29.8 Å². The van der Waals surface area contributed by atoms with Gasteiger partial charge in [-0.15, -0.1) is 0 Å². The molecule has 11 nitrogen and oxygen atoms in total. The molecule has 0 N–H and O–H groups in total. The topological polar surface area (TPSA) is 127 Å². The lowest BCUT2D eigenvalue weighted by Crippen LogP contribution is -2.37. The van der Waals surface area contributed by atoms with Crippen molar-refractivity contribution in [1.82, 2.24) is 23.8 Å². The minimum atomic E-state index is -0.603. The Morgan fingerprint density at radius 3 is 2.72 bits per heavy atom. The molecule has 0 amide bonds. The van der Waals surface area contributed by atoms with Gasteiger partial charge in [0.05, 0.1) is 6.33 Å². The molecule has 5 rings (SSSR count). The maximum Gasteiger partial charge on any atom is 0.332 e. The second kappa shape index (κ2) is 7.38. The third-order valence-corrected chi connectivity index (χ3v) is 5.13. The third kappa shape index (κ3) is 3.20. The molecule has 5 aromatic rings. The Morgan fingerprint density at radius 2 is 1.91 bits per heavy atom. The fraction of sp³-hybridized carbons (Fsp3) is 0.190. The molecule has 0 aliphatic carbocycles. The number of esters is 1. The molecule has 1 aromatic carbocycles. The average Bonchev–Trinajstić information content (AvgIpc) is 3.52. The van der Waals surface area contributed by atoms with E-state index in [1.165, 1.54) is 29.6 Å². The summed E-state index contributed by atoms with van der Waals surface area (Å²) in [5.41, 5.74) is 0.422. The summed E-state index contributed by atoms with van der Waals surface area (Å²) in [6.07, 6.45) is 1.32. The van der Waals surface area contributed by atoms with E-state index in [4.69, 9.17) is 13.7 Å². The highest BCUT2D eigenvalue weighted by Gasteiger charge is 2.17. The van der Waals surface area contributed by atoms with E-state index in [0.29, 0.717) is 17.2 Å². The second-order valence-electron chi connectivity index (χ2n) is 7.24. The number of fused-ring (bicyclic) bond motifs is 2. The Kier molecular flexibility index (Phi) is 4.51. The first-order chi connectivity index (χ1) is 15.4. The fourth-order valence-electron chi connectivity index (χ4n) is 3.46. The van der Waals surface area contributed by atoms with E-state index in [-0.39, 0.29) is 24.3 Å². The summed E-state index contributed by atoms with van der Waals surface area (Å²) >= 11 is 0. The van der Waals surface area contributed by atoms with E-state index in [2.05, 4.69) is 10.1 Å². The minimum absolute atomic E-state index is 0.119. The number of imidazole rings is 1. The van der Waals surface area contributed by atoms with E-state index in [1.807, 2.05) is 30.3 Å². The summed E-state index contributed by atoms with van der Waals surface area (Å²) in [6.45, 7) is -0.371. The maximum absolute atomic E-state index is 12.5. The number of rotatable bonds is 5. The molecule has 0 spiro atoms. The summed E-state index contributed by atoms with van der Waals surface area (Å²) in [5, 5.41) is 4.84. The van der Waals surface area contributed by atoms with Gasteiger partial charge in [0.15, 0.2) is 16.9 Å². The van der Waals surface area contributed by atoms with Crippen molar-refractivity contribution in [3.8, 4) is 11.5 Å². The average molecular weight is 435 g/mol. The van der Waals surface area contributed by atoms with Crippen LogP contribution in [0, 0.1) is 0 Å². The van der Waals surface area contributed by atoms with Crippen LogP contribution in [-0.2, 0) is 36.8 Å². The summed E-state index contributed by atoms with van der Waals surface area (Å²) in [5.74, 6) is 0.327. The van der Waals surface area contributed by atoms with Crippen molar-refractivity contribution < 1.29 is 18.5 Å². The van der Waals surface area contributed by atoms with Crippen LogP contribution in [0.25, 0.3) is 33.7 Å². The molecule has 0 atom stereocenters. The summed E-state index contributed by atoms with van der Waals surface area (Å²) in [7, 11) is 2.87. The lowest BCUT2D eigenvalue weighted by atomic mass is 10.2. The molecule has 0 radical (unpaired) electrons. The van der Waals surface area contributed by atoms with Crippen LogP contribution in [0.15, 0.2) is 61.3 Å². The second-order valence-corrected chi connectivity index (χ2v) is 7.24. The molecule has 0 fully saturated rings. The van der Waals surface area contributed by atoms with Crippen LogP contribution in [0.5, 0.6) is 0 Å². The smallest absolute Gasteiger partial charge is 0.332 e. The monoisotopic (exact) mass is 435 g/mol. The van der Waals surface area contributed by atoms with Gasteiger partial charge in [-0.25, -0.2) is 9.78 Å². The number of aromatic nitrogens is 5. The molecule has 0 saturated carbocycles. The molecule has 0 aliphatic heterocycles. The zero-order chi connectivity index (χ0) is 22.4. The first kappa shape index (κ1) is 19.5. The highest BCUT2D eigenvalue weighted by Crippen LogP contribution is 2.28. The zero-order valence-electron chi connectivity index (χ0n) is 17.1. The van der Waals surface area contributed by atoms with Crippen LogP contribution in [0.4, 0.5) is 0 Å². The van der Waals surface area contributed by atoms with E-state index < -0.39 is 17.2 Å². The van der Waals surface area contributed by atoms with Gasteiger partial charge in [0, 0.05) is 25.5 Å². The van der Waals surface area contributed by atoms with Crippen LogP contribution in [0.2, 0.25) is 0 Å². The first-order valence-corrected chi connectivity index (χ1v) is 9.63. The number of furan rings is 1. The van der Waals surface area contributed by atoms with Crippen LogP contribution in [0.3, 0.4) is 0 Å². The molecule has 4 heterocycles. The Bertz CT molecular complexity index is 1570. The van der Waals surface area contributed by atoms with Gasteiger partial charge in [0.25, 0.3) is 5.56 Å². The summed E-state index contributed by atoms with van der Waals surface area (Å²) in [4.78, 5) is 40.9. The van der Waals surface area contributed by atoms with Crippen LogP contribution in [0.1, 0.15) is 5.69 Å². The molecular weight excluding hydrogens is 418 g/mol. The zero-order valence-corrected chi connectivity index (χ0v) is 17.1. The van der Waals surface area contributed by atoms with Crippen molar-refractivity contribution in [2.75, 3.05) is 0 Å². The SMILES string of the molecule is Cn1c(=O)c2c(ncn2CC(=O)OCc2cc(-c3cc4ccccc4o3)on2)n(C)c1=O. The molecule has 32 heavy (non-hydrogen) atoms. The van der Waals surface area contributed by atoms with E-state index in [1.54, 1.807) is 6.07 Å². The normalized spacial score (nSPS) is 11.4. The van der Waals surface area contributed by atoms with Crippen molar-refractivity contribution in [2.45, 2.75) is 13.2 Å². The van der Waals surface area contributed by atoms with Gasteiger partial charge >= 0.3 is 11.7 Å². The Hall–Kier alpha value is -4.41. The van der Waals surface area contributed by atoms with Gasteiger partial charge in [-0.2, -0.15) is 0 Å². The quantitative estimate of drug-likeness (QED) is 0.381. The molecule has 0 unspecified atom stereocenters. The molecule has 11 heteroatoms. The number of hydrogen-bond donors (Lipinski definition) is 0. The van der Waals surface area contributed by atoms with Gasteiger partial charge in [0.1, 0.15) is 24.4 Å². The first-order valence-electron chi connectivity index (χ1n) is 9.63. The number of ether oxygens (including phenoxy) is 1. The minimum Gasteiger partial charge on any atom is -0.458 e. The van der Waals surface area contributed by atoms with Gasteiger partial charge in [-0.1, -0.05) is 23.4 Å². The van der Waals surface area contributed by atoms with Gasteiger partial charge < -0.3 is 18.2 Å². The number of carbonyl (C=O) groups excluding carboxylic acids is 1. The fourth-order valence-corrected chi connectivity index (χ4v) is 3.46. The van der Waals surface area contributed by atoms with Crippen molar-refractivity contribution in [3.63, 3.8) is 0 Å². The lowest BCUT2D eigenvalue weighted by molar-refractivity contribution is -0.145. The summed E-state index contributed by atoms with van der Waals surface area (Å²) < 4.78 is 19.9. The van der Waals surface area contributed by atoms with E-state index >= 15 is 0 Å². The van der Waals surface area contributed by atoms with E-state index in [9.17, 15) is 14.4 Å². The number of para-hydroxylation sites is 1. The Morgan fingerprint density at radius 1 is 1.09 bits per heavy atom. The van der Waals surface area contributed by atoms with Crippen molar-refractivity contribution in [1.29, 1.82) is 0 Å². The van der Waals surface area contributed by atoms with Gasteiger partial charge in [-0.05, 0) is 12.1 Å². The highest BCUT2D eigenvalue weighted by atomic mass is 16.5. The number of carbonyl (C=O) groups is 1. The molecule has 0 bridgehead atoms. The molecule has 0 aliphatic rings. The summed E-state index contributed by atoms with van der Waals surface area (Å²) in [6, 6.07) is 11.0. The number of hydrogen-bond acceptors (Lipinski definition) is 8. The predicted molar refractivity (Wildman–Crippen MR) is 112 cm³/mol. The third-order valence-electron chi connectivity index (χ3n) is 5.13. The number of aryl methyl sites for hydroxylation is 1. The predicted octanol–water partition coefficient (Wildman–Crippen LogP) is 1.58. The molecular formula is C21H17N5O6. The van der Waals surface area contributed by atoms with Crippen LogP contribution >= 0.6 is 0 Å². The standard InChI is InChI=1S/C21H17N5O6/c1-24-19-18(20(28)25(2)21(24)29)26(11-22-19)9-17(27)30-10-13-8-16(32-23-13)15-7-12-5-3-4-6-14(12)31-15/h3-8,11H,9-10H2,1-2H3. The van der Waals surface area contributed by atoms with Gasteiger partial charge in [0.2, 0.25) is 5.76 Å². The molecule has 4 aromatic heterocycles. The molecule has 162 valence electrons. The van der Waals surface area contributed by atoms with Gasteiger partial charge in [-0.3, -0.25) is 18.7 Å². The Balaban J connectivity index is 1.30. The highest BCUT2D eigenvalue weighted by molar-refractivity contribution is 5.81. The number of nitrogens with zero attached hydrogens (tertiary/aromatic N) is 5. The van der Waals surface area contributed by atoms with Crippen molar-refractivity contribution in [2.24, 2.45) is 14.1 Å². The van der Waals surface area contributed by atoms with Crippen molar-refractivity contribution >= 4 is 28.1 Å². The maximum atomic E-state index is 12.5. The largest absolute Gasteiger partial charge is 0.458 e. The molecule has 0 saturated heterocycles. The Labute approximate surface area is 179 Å².